The fourth-order valence-corrected chi connectivity index (χ4v) is 3.12. The number of carbonyl (C=O) groups excluding carboxylic acids is 1. The number of guanidine groups is 1. The second-order valence-corrected chi connectivity index (χ2v) is 6.22. The Labute approximate surface area is 142 Å². The lowest BCUT2D eigenvalue weighted by Gasteiger charge is -2.21. The summed E-state index contributed by atoms with van der Waals surface area (Å²) in [6.07, 6.45) is 1.69. The number of aryl methyl sites for hydroxylation is 1. The molecule has 0 aliphatic carbocycles. The highest BCUT2D eigenvalue weighted by Gasteiger charge is 2.36. The summed E-state index contributed by atoms with van der Waals surface area (Å²) in [4.78, 5) is 18.2. The zero-order valence-corrected chi connectivity index (χ0v) is 14.6. The molecule has 2 atom stereocenters. The van der Waals surface area contributed by atoms with E-state index in [2.05, 4.69) is 22.1 Å². The number of halogens is 1. The van der Waals surface area contributed by atoms with Crippen LogP contribution in [0.25, 0.3) is 0 Å². The summed E-state index contributed by atoms with van der Waals surface area (Å²) in [5, 5.41) is 3.32. The molecule has 5 nitrogen and oxygen atoms in total. The van der Waals surface area contributed by atoms with Crippen molar-refractivity contribution in [1.29, 1.82) is 0 Å². The fraction of sp³-hybridized carbons (Fsp3) is 0.556. The van der Waals surface area contributed by atoms with Gasteiger partial charge in [-0.15, -0.1) is 0 Å². The molecule has 1 aliphatic rings. The van der Waals surface area contributed by atoms with Gasteiger partial charge in [-0.25, -0.2) is 4.39 Å². The molecule has 6 heteroatoms. The SMILES string of the molecule is CN=C(NCCCc1cccc(F)c1)N1CC(C)C(C(=O)OC)C1. The van der Waals surface area contributed by atoms with Crippen LogP contribution in [0, 0.1) is 17.7 Å². The Morgan fingerprint density at radius 1 is 1.46 bits per heavy atom. The minimum Gasteiger partial charge on any atom is -0.469 e. The van der Waals surface area contributed by atoms with Gasteiger partial charge in [-0.2, -0.15) is 0 Å². The van der Waals surface area contributed by atoms with E-state index >= 15 is 0 Å². The van der Waals surface area contributed by atoms with Crippen LogP contribution >= 0.6 is 0 Å². The van der Waals surface area contributed by atoms with E-state index in [9.17, 15) is 9.18 Å². The van der Waals surface area contributed by atoms with Gasteiger partial charge in [0, 0.05) is 26.7 Å². The first kappa shape index (κ1) is 18.2. The molecule has 2 unspecified atom stereocenters. The average Bonchev–Trinajstić information content (AvgIpc) is 2.96. The molecule has 0 amide bonds. The molecule has 0 aromatic heterocycles. The molecule has 0 bridgehead atoms. The molecule has 1 aromatic rings. The van der Waals surface area contributed by atoms with Gasteiger partial charge in [0.2, 0.25) is 0 Å². The number of benzene rings is 1. The monoisotopic (exact) mass is 335 g/mol. The van der Waals surface area contributed by atoms with Gasteiger partial charge in [0.05, 0.1) is 13.0 Å². The summed E-state index contributed by atoms with van der Waals surface area (Å²) >= 11 is 0. The lowest BCUT2D eigenvalue weighted by atomic mass is 9.99. The molecule has 1 saturated heterocycles. The van der Waals surface area contributed by atoms with Crippen molar-refractivity contribution in [2.45, 2.75) is 19.8 Å². The van der Waals surface area contributed by atoms with E-state index in [0.717, 1.165) is 37.5 Å². The molecule has 1 N–H and O–H groups in total. The summed E-state index contributed by atoms with van der Waals surface area (Å²) in [5.74, 6) is 0.569. The molecule has 24 heavy (non-hydrogen) atoms. The van der Waals surface area contributed by atoms with Gasteiger partial charge in [0.1, 0.15) is 5.82 Å². The predicted molar refractivity (Wildman–Crippen MR) is 92.3 cm³/mol. The number of ether oxygens (including phenoxy) is 1. The Bertz CT molecular complexity index is 591. The van der Waals surface area contributed by atoms with Crippen LogP contribution in [0.2, 0.25) is 0 Å². The fourth-order valence-electron chi connectivity index (χ4n) is 3.12. The van der Waals surface area contributed by atoms with Crippen molar-refractivity contribution in [2.24, 2.45) is 16.8 Å². The molecule has 1 aromatic carbocycles. The third-order valence-corrected chi connectivity index (χ3v) is 4.44. The second kappa shape index (κ2) is 8.66. The normalized spacial score (nSPS) is 21.0. The van der Waals surface area contributed by atoms with E-state index in [-0.39, 0.29) is 23.6 Å². The van der Waals surface area contributed by atoms with Gasteiger partial charge in [0.25, 0.3) is 0 Å². The van der Waals surface area contributed by atoms with Crippen LogP contribution in [-0.4, -0.2) is 50.6 Å². The minimum absolute atomic E-state index is 0.110. The third-order valence-electron chi connectivity index (χ3n) is 4.44. The Hall–Kier alpha value is -2.11. The van der Waals surface area contributed by atoms with Crippen molar-refractivity contribution in [3.05, 3.63) is 35.6 Å². The van der Waals surface area contributed by atoms with Crippen molar-refractivity contribution < 1.29 is 13.9 Å². The zero-order valence-electron chi connectivity index (χ0n) is 14.6. The van der Waals surface area contributed by atoms with E-state index in [1.165, 1.54) is 13.2 Å². The topological polar surface area (TPSA) is 53.9 Å². The molecule has 2 rings (SSSR count). The number of likely N-dealkylation sites (tertiary alicyclic amines) is 1. The first-order chi connectivity index (χ1) is 11.5. The number of aliphatic imine (C=N–C) groups is 1. The van der Waals surface area contributed by atoms with Gasteiger partial charge < -0.3 is 15.0 Å². The number of methoxy groups -OCH3 is 1. The largest absolute Gasteiger partial charge is 0.469 e. The van der Waals surface area contributed by atoms with Crippen LogP contribution in [-0.2, 0) is 16.0 Å². The van der Waals surface area contributed by atoms with Gasteiger partial charge in [-0.1, -0.05) is 19.1 Å². The van der Waals surface area contributed by atoms with Crippen LogP contribution in [0.3, 0.4) is 0 Å². The van der Waals surface area contributed by atoms with E-state index in [1.54, 1.807) is 19.2 Å². The molecule has 1 aliphatic heterocycles. The van der Waals surface area contributed by atoms with Crippen LogP contribution in [0.15, 0.2) is 29.3 Å². The summed E-state index contributed by atoms with van der Waals surface area (Å²) < 4.78 is 18.0. The van der Waals surface area contributed by atoms with Crippen molar-refractivity contribution in [3.8, 4) is 0 Å². The Morgan fingerprint density at radius 2 is 2.25 bits per heavy atom. The second-order valence-electron chi connectivity index (χ2n) is 6.22. The standard InChI is InChI=1S/C18H26FN3O2/c1-13-11-22(12-16(13)17(23)24-3)18(20-2)21-9-5-7-14-6-4-8-15(19)10-14/h4,6,8,10,13,16H,5,7,9,11-12H2,1-3H3,(H,20,21). The summed E-state index contributed by atoms with van der Waals surface area (Å²) in [6.45, 7) is 4.20. The number of carbonyl (C=O) groups is 1. The Kier molecular flexibility index (Phi) is 6.58. The molecule has 1 fully saturated rings. The van der Waals surface area contributed by atoms with Crippen molar-refractivity contribution in [3.63, 3.8) is 0 Å². The van der Waals surface area contributed by atoms with Gasteiger partial charge >= 0.3 is 5.97 Å². The molecule has 132 valence electrons. The maximum Gasteiger partial charge on any atom is 0.310 e. The number of nitrogens with one attached hydrogen (secondary N) is 1. The quantitative estimate of drug-likeness (QED) is 0.387. The highest BCUT2D eigenvalue weighted by atomic mass is 19.1. The van der Waals surface area contributed by atoms with Crippen molar-refractivity contribution in [2.75, 3.05) is 33.8 Å². The summed E-state index contributed by atoms with van der Waals surface area (Å²) in [5.41, 5.74) is 0.993. The molecule has 0 spiro atoms. The van der Waals surface area contributed by atoms with Crippen LogP contribution in [0.4, 0.5) is 4.39 Å². The van der Waals surface area contributed by atoms with Crippen molar-refractivity contribution >= 4 is 11.9 Å². The van der Waals surface area contributed by atoms with E-state index in [1.807, 2.05) is 6.07 Å². The van der Waals surface area contributed by atoms with E-state index < -0.39 is 0 Å². The first-order valence-electron chi connectivity index (χ1n) is 8.33. The number of hydrogen-bond acceptors (Lipinski definition) is 3. The number of hydrogen-bond donors (Lipinski definition) is 1. The molecular formula is C18H26FN3O2. The van der Waals surface area contributed by atoms with Crippen LogP contribution in [0.5, 0.6) is 0 Å². The lowest BCUT2D eigenvalue weighted by molar-refractivity contribution is -0.145. The summed E-state index contributed by atoms with van der Waals surface area (Å²) in [6, 6.07) is 6.68. The zero-order chi connectivity index (χ0) is 17.5. The number of nitrogens with zero attached hydrogens (tertiary/aromatic N) is 2. The molecule has 0 saturated carbocycles. The predicted octanol–water partition coefficient (Wildman–Crippen LogP) is 2.07. The van der Waals surface area contributed by atoms with Gasteiger partial charge in [-0.3, -0.25) is 9.79 Å². The maximum atomic E-state index is 13.2. The number of rotatable bonds is 5. The Balaban J connectivity index is 1.80. The third kappa shape index (κ3) is 4.69. The van der Waals surface area contributed by atoms with Gasteiger partial charge in [0.15, 0.2) is 5.96 Å². The van der Waals surface area contributed by atoms with Crippen molar-refractivity contribution in [1.82, 2.24) is 10.2 Å². The maximum absolute atomic E-state index is 13.2. The van der Waals surface area contributed by atoms with Gasteiger partial charge in [-0.05, 0) is 36.5 Å². The highest BCUT2D eigenvalue weighted by Crippen LogP contribution is 2.24. The smallest absolute Gasteiger partial charge is 0.310 e. The molecular weight excluding hydrogens is 309 g/mol. The molecule has 0 radical (unpaired) electrons. The van der Waals surface area contributed by atoms with E-state index in [0.29, 0.717) is 6.54 Å². The Morgan fingerprint density at radius 3 is 2.92 bits per heavy atom. The summed E-state index contributed by atoms with van der Waals surface area (Å²) in [7, 11) is 3.17. The van der Waals surface area contributed by atoms with E-state index in [4.69, 9.17) is 4.74 Å². The lowest BCUT2D eigenvalue weighted by Crippen LogP contribution is -2.41. The first-order valence-corrected chi connectivity index (χ1v) is 8.33. The molecule has 1 heterocycles. The minimum atomic E-state index is -0.198. The average molecular weight is 335 g/mol. The van der Waals surface area contributed by atoms with Crippen LogP contribution < -0.4 is 5.32 Å². The highest BCUT2D eigenvalue weighted by molar-refractivity contribution is 5.82. The number of esters is 1. The van der Waals surface area contributed by atoms with Crippen LogP contribution in [0.1, 0.15) is 18.9 Å².